The van der Waals surface area contributed by atoms with E-state index in [1.54, 1.807) is 7.11 Å². The standard InChI is InChI=1S/C14H21NO2/c1-17-13-6-4-11(5-7-13)9-14-12(10-16)3-2-8-15-14/h4-7,12,14-16H,2-3,8-10H2,1H3/t12-,14+/m1/s1. The van der Waals surface area contributed by atoms with Crippen LogP contribution in [0.15, 0.2) is 24.3 Å². The van der Waals surface area contributed by atoms with Crippen LogP contribution in [0.5, 0.6) is 5.75 Å². The van der Waals surface area contributed by atoms with Crippen molar-refractivity contribution in [3.63, 3.8) is 0 Å². The number of benzene rings is 1. The third kappa shape index (κ3) is 3.20. The van der Waals surface area contributed by atoms with E-state index in [1.807, 2.05) is 12.1 Å². The Kier molecular flexibility index (Phi) is 4.40. The Labute approximate surface area is 103 Å². The Morgan fingerprint density at radius 3 is 2.76 bits per heavy atom. The zero-order valence-electron chi connectivity index (χ0n) is 10.4. The van der Waals surface area contributed by atoms with Gasteiger partial charge in [0, 0.05) is 12.6 Å². The van der Waals surface area contributed by atoms with Crippen LogP contribution < -0.4 is 10.1 Å². The fourth-order valence-electron chi connectivity index (χ4n) is 2.49. The Balaban J connectivity index is 1.98. The van der Waals surface area contributed by atoms with Gasteiger partial charge in [0.05, 0.1) is 7.11 Å². The topological polar surface area (TPSA) is 41.5 Å². The maximum Gasteiger partial charge on any atom is 0.118 e. The average Bonchev–Trinajstić information content (AvgIpc) is 2.40. The molecular weight excluding hydrogens is 214 g/mol. The number of hydrogen-bond acceptors (Lipinski definition) is 3. The summed E-state index contributed by atoms with van der Waals surface area (Å²) >= 11 is 0. The van der Waals surface area contributed by atoms with Crippen molar-refractivity contribution in [3.8, 4) is 5.75 Å². The number of piperidine rings is 1. The molecular formula is C14H21NO2. The summed E-state index contributed by atoms with van der Waals surface area (Å²) in [5, 5.41) is 12.9. The van der Waals surface area contributed by atoms with Crippen molar-refractivity contribution in [1.82, 2.24) is 5.32 Å². The maximum absolute atomic E-state index is 9.36. The Bertz CT molecular complexity index is 337. The molecule has 0 radical (unpaired) electrons. The summed E-state index contributed by atoms with van der Waals surface area (Å²) in [5.74, 6) is 1.29. The van der Waals surface area contributed by atoms with Crippen LogP contribution in [-0.4, -0.2) is 31.4 Å². The summed E-state index contributed by atoms with van der Waals surface area (Å²) in [5.41, 5.74) is 1.30. The van der Waals surface area contributed by atoms with E-state index in [1.165, 1.54) is 12.0 Å². The molecule has 0 bridgehead atoms. The van der Waals surface area contributed by atoms with Crippen LogP contribution in [0.1, 0.15) is 18.4 Å². The van der Waals surface area contributed by atoms with Crippen molar-refractivity contribution in [1.29, 1.82) is 0 Å². The van der Waals surface area contributed by atoms with Crippen LogP contribution in [0.25, 0.3) is 0 Å². The molecule has 0 aromatic heterocycles. The van der Waals surface area contributed by atoms with Gasteiger partial charge in [-0.1, -0.05) is 12.1 Å². The van der Waals surface area contributed by atoms with Gasteiger partial charge in [0.25, 0.3) is 0 Å². The second-order valence-corrected chi connectivity index (χ2v) is 4.70. The molecule has 0 spiro atoms. The van der Waals surface area contributed by atoms with Gasteiger partial charge in [-0.25, -0.2) is 0 Å². The van der Waals surface area contributed by atoms with Gasteiger partial charge < -0.3 is 15.2 Å². The lowest BCUT2D eigenvalue weighted by Gasteiger charge is -2.31. The van der Waals surface area contributed by atoms with Crippen LogP contribution in [-0.2, 0) is 6.42 Å². The van der Waals surface area contributed by atoms with E-state index in [9.17, 15) is 5.11 Å². The predicted molar refractivity (Wildman–Crippen MR) is 68.3 cm³/mol. The molecule has 2 rings (SSSR count). The van der Waals surface area contributed by atoms with Crippen LogP contribution in [0.2, 0.25) is 0 Å². The van der Waals surface area contributed by atoms with Crippen molar-refractivity contribution in [2.24, 2.45) is 5.92 Å². The smallest absolute Gasteiger partial charge is 0.118 e. The van der Waals surface area contributed by atoms with Gasteiger partial charge in [0.1, 0.15) is 5.75 Å². The van der Waals surface area contributed by atoms with Gasteiger partial charge in [0.2, 0.25) is 0 Å². The number of nitrogens with one attached hydrogen (secondary N) is 1. The monoisotopic (exact) mass is 235 g/mol. The summed E-state index contributed by atoms with van der Waals surface area (Å²) in [7, 11) is 1.68. The number of methoxy groups -OCH3 is 1. The lowest BCUT2D eigenvalue weighted by molar-refractivity contribution is 0.159. The number of rotatable bonds is 4. The molecule has 1 aliphatic rings. The summed E-state index contributed by atoms with van der Waals surface area (Å²) in [6.07, 6.45) is 3.28. The number of ether oxygens (including phenoxy) is 1. The first-order chi connectivity index (χ1) is 8.33. The van der Waals surface area contributed by atoms with Gasteiger partial charge in [-0.2, -0.15) is 0 Å². The fourth-order valence-corrected chi connectivity index (χ4v) is 2.49. The Hall–Kier alpha value is -1.06. The third-order valence-corrected chi connectivity index (χ3v) is 3.58. The maximum atomic E-state index is 9.36. The van der Waals surface area contributed by atoms with Gasteiger partial charge in [-0.15, -0.1) is 0 Å². The molecule has 2 N–H and O–H groups in total. The Morgan fingerprint density at radius 2 is 2.12 bits per heavy atom. The predicted octanol–water partition coefficient (Wildman–Crippen LogP) is 1.60. The van der Waals surface area contributed by atoms with Crippen LogP contribution >= 0.6 is 0 Å². The molecule has 1 heterocycles. The molecule has 1 saturated heterocycles. The second kappa shape index (κ2) is 6.03. The van der Waals surface area contributed by atoms with Gasteiger partial charge >= 0.3 is 0 Å². The molecule has 2 atom stereocenters. The van der Waals surface area contributed by atoms with E-state index < -0.39 is 0 Å². The quantitative estimate of drug-likeness (QED) is 0.833. The highest BCUT2D eigenvalue weighted by molar-refractivity contribution is 5.27. The minimum absolute atomic E-state index is 0.286. The normalized spacial score (nSPS) is 24.6. The van der Waals surface area contributed by atoms with Crippen molar-refractivity contribution in [2.45, 2.75) is 25.3 Å². The first-order valence-electron chi connectivity index (χ1n) is 6.30. The first kappa shape index (κ1) is 12.4. The molecule has 0 unspecified atom stereocenters. The highest BCUT2D eigenvalue weighted by atomic mass is 16.5. The number of hydrogen-bond donors (Lipinski definition) is 2. The molecule has 0 aliphatic carbocycles. The lowest BCUT2D eigenvalue weighted by Crippen LogP contribution is -2.44. The minimum Gasteiger partial charge on any atom is -0.497 e. The van der Waals surface area contributed by atoms with Gasteiger partial charge in [0.15, 0.2) is 0 Å². The molecule has 17 heavy (non-hydrogen) atoms. The summed E-state index contributed by atoms with van der Waals surface area (Å²) in [6.45, 7) is 1.35. The minimum atomic E-state index is 0.286. The fraction of sp³-hybridized carbons (Fsp3) is 0.571. The summed E-state index contributed by atoms with van der Waals surface area (Å²) in [4.78, 5) is 0. The van der Waals surface area contributed by atoms with E-state index in [2.05, 4.69) is 17.4 Å². The van der Waals surface area contributed by atoms with Gasteiger partial charge in [-0.3, -0.25) is 0 Å². The van der Waals surface area contributed by atoms with E-state index in [0.717, 1.165) is 25.1 Å². The molecule has 1 fully saturated rings. The van der Waals surface area contributed by atoms with Gasteiger partial charge in [-0.05, 0) is 49.4 Å². The Morgan fingerprint density at radius 1 is 1.35 bits per heavy atom. The van der Waals surface area contributed by atoms with E-state index in [-0.39, 0.29) is 6.61 Å². The van der Waals surface area contributed by atoms with E-state index in [4.69, 9.17) is 4.74 Å². The van der Waals surface area contributed by atoms with Crippen molar-refractivity contribution in [3.05, 3.63) is 29.8 Å². The SMILES string of the molecule is COc1ccc(C[C@@H]2NCCC[C@@H]2CO)cc1. The van der Waals surface area contributed by atoms with Crippen molar-refractivity contribution < 1.29 is 9.84 Å². The summed E-state index contributed by atoms with van der Waals surface area (Å²) in [6, 6.07) is 8.59. The zero-order valence-corrected chi connectivity index (χ0v) is 10.4. The molecule has 3 heteroatoms. The van der Waals surface area contributed by atoms with Crippen LogP contribution in [0, 0.1) is 5.92 Å². The number of aliphatic hydroxyl groups is 1. The number of aliphatic hydroxyl groups excluding tert-OH is 1. The summed E-state index contributed by atoms with van der Waals surface area (Å²) < 4.78 is 5.15. The highest BCUT2D eigenvalue weighted by Gasteiger charge is 2.23. The molecule has 94 valence electrons. The lowest BCUT2D eigenvalue weighted by atomic mass is 9.87. The third-order valence-electron chi connectivity index (χ3n) is 3.58. The molecule has 1 aromatic rings. The molecule has 0 amide bonds. The molecule has 3 nitrogen and oxygen atoms in total. The van der Waals surface area contributed by atoms with Crippen LogP contribution in [0.4, 0.5) is 0 Å². The largest absolute Gasteiger partial charge is 0.497 e. The highest BCUT2D eigenvalue weighted by Crippen LogP contribution is 2.20. The van der Waals surface area contributed by atoms with E-state index >= 15 is 0 Å². The van der Waals surface area contributed by atoms with E-state index in [0.29, 0.717) is 12.0 Å². The molecule has 1 aliphatic heterocycles. The van der Waals surface area contributed by atoms with Crippen molar-refractivity contribution in [2.75, 3.05) is 20.3 Å². The first-order valence-corrected chi connectivity index (χ1v) is 6.30. The average molecular weight is 235 g/mol. The molecule has 1 aromatic carbocycles. The zero-order chi connectivity index (χ0) is 12.1. The second-order valence-electron chi connectivity index (χ2n) is 4.70. The van der Waals surface area contributed by atoms with Crippen molar-refractivity contribution >= 4 is 0 Å². The van der Waals surface area contributed by atoms with Crippen LogP contribution in [0.3, 0.4) is 0 Å². The molecule has 0 saturated carbocycles.